The SMILES string of the molecule is CC(C)OCCN1CCN(CCOC(C)C)C(C)C1. The average molecular weight is 272 g/mol. The second-order valence-electron chi connectivity index (χ2n) is 6.02. The first-order chi connectivity index (χ1) is 8.99. The summed E-state index contributed by atoms with van der Waals surface area (Å²) in [5, 5.41) is 0. The molecule has 0 aromatic rings. The van der Waals surface area contributed by atoms with Crippen LogP contribution in [-0.4, -0.2) is 74.0 Å². The Labute approximate surface area is 119 Å². The molecule has 0 aliphatic carbocycles. The number of ether oxygens (including phenoxy) is 2. The monoisotopic (exact) mass is 272 g/mol. The molecule has 1 atom stereocenters. The minimum atomic E-state index is 0.338. The van der Waals surface area contributed by atoms with E-state index in [1.807, 2.05) is 0 Å². The van der Waals surface area contributed by atoms with Crippen LogP contribution in [0, 0.1) is 0 Å². The first-order valence-corrected chi connectivity index (χ1v) is 7.68. The largest absolute Gasteiger partial charge is 0.377 e. The molecule has 0 amide bonds. The van der Waals surface area contributed by atoms with Gasteiger partial charge in [-0.15, -0.1) is 0 Å². The summed E-state index contributed by atoms with van der Waals surface area (Å²) >= 11 is 0. The summed E-state index contributed by atoms with van der Waals surface area (Å²) in [6.07, 6.45) is 0.677. The zero-order chi connectivity index (χ0) is 14.3. The van der Waals surface area contributed by atoms with Crippen molar-refractivity contribution in [2.75, 3.05) is 45.9 Å². The van der Waals surface area contributed by atoms with E-state index in [1.54, 1.807) is 0 Å². The molecular weight excluding hydrogens is 240 g/mol. The molecule has 19 heavy (non-hydrogen) atoms. The molecule has 0 saturated carbocycles. The Bertz CT molecular complexity index is 234. The summed E-state index contributed by atoms with van der Waals surface area (Å²) in [7, 11) is 0. The van der Waals surface area contributed by atoms with E-state index in [1.165, 1.54) is 0 Å². The van der Waals surface area contributed by atoms with Gasteiger partial charge in [0.2, 0.25) is 0 Å². The summed E-state index contributed by atoms with van der Waals surface area (Å²) in [5.74, 6) is 0. The van der Waals surface area contributed by atoms with E-state index >= 15 is 0 Å². The van der Waals surface area contributed by atoms with E-state index in [9.17, 15) is 0 Å². The molecule has 1 aliphatic rings. The summed E-state index contributed by atoms with van der Waals surface area (Å²) in [5.41, 5.74) is 0. The molecule has 1 aliphatic heterocycles. The molecule has 0 aromatic heterocycles. The smallest absolute Gasteiger partial charge is 0.0597 e. The predicted molar refractivity (Wildman–Crippen MR) is 79.7 cm³/mol. The van der Waals surface area contributed by atoms with Crippen molar-refractivity contribution in [1.82, 2.24) is 9.80 Å². The topological polar surface area (TPSA) is 24.9 Å². The average Bonchev–Trinajstić information content (AvgIpc) is 2.31. The van der Waals surface area contributed by atoms with Crippen molar-refractivity contribution in [1.29, 1.82) is 0 Å². The van der Waals surface area contributed by atoms with Crippen molar-refractivity contribution in [3.63, 3.8) is 0 Å². The van der Waals surface area contributed by atoms with E-state index < -0.39 is 0 Å². The Morgan fingerprint density at radius 1 is 0.947 bits per heavy atom. The third kappa shape index (κ3) is 7.25. The van der Waals surface area contributed by atoms with Crippen LogP contribution in [-0.2, 0) is 9.47 Å². The van der Waals surface area contributed by atoms with Gasteiger partial charge in [-0.3, -0.25) is 9.80 Å². The lowest BCUT2D eigenvalue weighted by Crippen LogP contribution is -2.53. The van der Waals surface area contributed by atoms with E-state index in [0.29, 0.717) is 18.2 Å². The summed E-state index contributed by atoms with van der Waals surface area (Å²) in [4.78, 5) is 5.04. The van der Waals surface area contributed by atoms with Crippen LogP contribution in [0.4, 0.5) is 0 Å². The van der Waals surface area contributed by atoms with Crippen LogP contribution in [0.25, 0.3) is 0 Å². The molecule has 0 spiro atoms. The minimum Gasteiger partial charge on any atom is -0.377 e. The first kappa shape index (κ1) is 16.9. The van der Waals surface area contributed by atoms with Gasteiger partial charge in [0.1, 0.15) is 0 Å². The van der Waals surface area contributed by atoms with Gasteiger partial charge in [0.15, 0.2) is 0 Å². The van der Waals surface area contributed by atoms with Crippen molar-refractivity contribution < 1.29 is 9.47 Å². The van der Waals surface area contributed by atoms with Crippen molar-refractivity contribution >= 4 is 0 Å². The molecule has 1 rings (SSSR count). The minimum absolute atomic E-state index is 0.338. The Morgan fingerprint density at radius 3 is 2.05 bits per heavy atom. The van der Waals surface area contributed by atoms with Gasteiger partial charge in [-0.2, -0.15) is 0 Å². The van der Waals surface area contributed by atoms with E-state index in [-0.39, 0.29) is 0 Å². The zero-order valence-corrected chi connectivity index (χ0v) is 13.4. The number of piperazine rings is 1. The maximum Gasteiger partial charge on any atom is 0.0597 e. The van der Waals surface area contributed by atoms with Crippen LogP contribution in [0.15, 0.2) is 0 Å². The number of hydrogen-bond donors (Lipinski definition) is 0. The summed E-state index contributed by atoms with van der Waals surface area (Å²) < 4.78 is 11.3. The molecule has 1 fully saturated rings. The lowest BCUT2D eigenvalue weighted by Gasteiger charge is -2.39. The van der Waals surface area contributed by atoms with Gasteiger partial charge in [0.25, 0.3) is 0 Å². The fraction of sp³-hybridized carbons (Fsp3) is 1.00. The Balaban J connectivity index is 2.16. The van der Waals surface area contributed by atoms with Gasteiger partial charge in [-0.05, 0) is 34.6 Å². The predicted octanol–water partition coefficient (Wildman–Crippen LogP) is 1.84. The van der Waals surface area contributed by atoms with Crippen LogP contribution in [0.1, 0.15) is 34.6 Å². The van der Waals surface area contributed by atoms with E-state index in [0.717, 1.165) is 45.9 Å². The maximum atomic E-state index is 5.64. The highest BCUT2D eigenvalue weighted by atomic mass is 16.5. The molecule has 4 nitrogen and oxygen atoms in total. The van der Waals surface area contributed by atoms with Crippen molar-refractivity contribution in [2.24, 2.45) is 0 Å². The quantitative estimate of drug-likeness (QED) is 0.673. The van der Waals surface area contributed by atoms with Gasteiger partial charge >= 0.3 is 0 Å². The van der Waals surface area contributed by atoms with Gasteiger partial charge < -0.3 is 9.47 Å². The first-order valence-electron chi connectivity index (χ1n) is 7.68. The Kier molecular flexibility index (Phi) is 7.91. The van der Waals surface area contributed by atoms with E-state index in [4.69, 9.17) is 9.47 Å². The van der Waals surface area contributed by atoms with Gasteiger partial charge in [-0.1, -0.05) is 0 Å². The lowest BCUT2D eigenvalue weighted by molar-refractivity contribution is 0.0106. The second-order valence-corrected chi connectivity index (χ2v) is 6.02. The van der Waals surface area contributed by atoms with Gasteiger partial charge in [0.05, 0.1) is 25.4 Å². The van der Waals surface area contributed by atoms with Crippen molar-refractivity contribution in [3.8, 4) is 0 Å². The van der Waals surface area contributed by atoms with Gasteiger partial charge in [0, 0.05) is 38.8 Å². The summed E-state index contributed by atoms with van der Waals surface area (Å²) in [6, 6.07) is 0.614. The standard InChI is InChI=1S/C15H32N2O2/c1-13(2)18-10-8-16-6-7-17(15(5)12-16)9-11-19-14(3)4/h13-15H,6-12H2,1-5H3. The number of rotatable bonds is 8. The summed E-state index contributed by atoms with van der Waals surface area (Å²) in [6.45, 7) is 17.9. The fourth-order valence-corrected chi connectivity index (χ4v) is 2.43. The highest BCUT2D eigenvalue weighted by molar-refractivity contribution is 4.78. The van der Waals surface area contributed by atoms with Crippen LogP contribution < -0.4 is 0 Å². The van der Waals surface area contributed by atoms with Gasteiger partial charge in [-0.25, -0.2) is 0 Å². The molecule has 0 radical (unpaired) electrons. The zero-order valence-electron chi connectivity index (χ0n) is 13.4. The molecule has 114 valence electrons. The van der Waals surface area contributed by atoms with Crippen molar-refractivity contribution in [2.45, 2.75) is 52.9 Å². The lowest BCUT2D eigenvalue weighted by atomic mass is 10.2. The fourth-order valence-electron chi connectivity index (χ4n) is 2.43. The van der Waals surface area contributed by atoms with E-state index in [2.05, 4.69) is 44.4 Å². The van der Waals surface area contributed by atoms with Crippen molar-refractivity contribution in [3.05, 3.63) is 0 Å². The number of hydrogen-bond acceptors (Lipinski definition) is 4. The molecule has 1 heterocycles. The molecular formula is C15H32N2O2. The molecule has 1 saturated heterocycles. The molecule has 1 unspecified atom stereocenters. The molecule has 0 N–H and O–H groups in total. The molecule has 0 bridgehead atoms. The third-order valence-electron chi connectivity index (χ3n) is 3.54. The third-order valence-corrected chi connectivity index (χ3v) is 3.54. The Hall–Kier alpha value is -0.160. The normalized spacial score (nSPS) is 22.6. The highest BCUT2D eigenvalue weighted by Crippen LogP contribution is 2.09. The van der Waals surface area contributed by atoms with Crippen LogP contribution in [0.5, 0.6) is 0 Å². The van der Waals surface area contributed by atoms with Crippen LogP contribution >= 0.6 is 0 Å². The maximum absolute atomic E-state index is 5.64. The Morgan fingerprint density at radius 2 is 1.53 bits per heavy atom. The van der Waals surface area contributed by atoms with Crippen LogP contribution in [0.3, 0.4) is 0 Å². The van der Waals surface area contributed by atoms with Crippen LogP contribution in [0.2, 0.25) is 0 Å². The highest BCUT2D eigenvalue weighted by Gasteiger charge is 2.22. The molecule has 0 aromatic carbocycles. The number of nitrogens with zero attached hydrogens (tertiary/aromatic N) is 2. The second kappa shape index (κ2) is 8.90. The molecule has 4 heteroatoms.